The molecule has 0 radical (unpaired) electrons. The van der Waals surface area contributed by atoms with Crippen LogP contribution in [0.15, 0.2) is 78.6 Å². The number of hydrogen-bond donors (Lipinski definition) is 0. The summed E-state index contributed by atoms with van der Waals surface area (Å²) in [4.78, 5) is 0. The molecule has 5 nitrogen and oxygen atoms in total. The van der Waals surface area contributed by atoms with E-state index in [1.807, 2.05) is 66.7 Å². The van der Waals surface area contributed by atoms with Crippen LogP contribution in [0, 0.1) is 17.2 Å². The van der Waals surface area contributed by atoms with Crippen molar-refractivity contribution in [2.45, 2.75) is 11.9 Å². The Bertz CT molecular complexity index is 880. The van der Waals surface area contributed by atoms with Gasteiger partial charge in [-0.3, -0.25) is 0 Å². The zero-order valence-corrected chi connectivity index (χ0v) is 16.2. The van der Waals surface area contributed by atoms with Gasteiger partial charge in [-0.25, -0.2) is 0 Å². The Hall–Kier alpha value is -3.07. The summed E-state index contributed by atoms with van der Waals surface area (Å²) in [7, 11) is 4.62. The molecule has 1 aliphatic rings. The van der Waals surface area contributed by atoms with Gasteiger partial charge in [-0.2, -0.15) is 5.26 Å². The highest BCUT2D eigenvalue weighted by Crippen LogP contribution is 2.50. The van der Waals surface area contributed by atoms with E-state index in [-0.39, 0.29) is 5.92 Å². The van der Waals surface area contributed by atoms with Crippen molar-refractivity contribution >= 4 is 5.76 Å². The summed E-state index contributed by atoms with van der Waals surface area (Å²) in [5, 5.41) is 10.1. The van der Waals surface area contributed by atoms with Gasteiger partial charge in [0.05, 0.1) is 30.9 Å². The molecule has 3 rings (SSSR count). The number of rotatable bonds is 6. The lowest BCUT2D eigenvalue weighted by molar-refractivity contribution is -0.361. The summed E-state index contributed by atoms with van der Waals surface area (Å²) < 4.78 is 22.9. The third-order valence-corrected chi connectivity index (χ3v) is 4.87. The van der Waals surface area contributed by atoms with Crippen LogP contribution in [0.3, 0.4) is 0 Å². The van der Waals surface area contributed by atoms with E-state index < -0.39 is 11.9 Å². The van der Waals surface area contributed by atoms with Crippen molar-refractivity contribution in [1.29, 1.82) is 5.26 Å². The largest absolute Gasteiger partial charge is 0.505 e. The first-order valence-corrected chi connectivity index (χ1v) is 8.94. The minimum absolute atomic E-state index is 0.346. The van der Waals surface area contributed by atoms with Crippen LogP contribution in [0.5, 0.6) is 0 Å². The van der Waals surface area contributed by atoms with Gasteiger partial charge in [0.15, 0.2) is 0 Å². The number of ether oxygens (including phenoxy) is 4. The number of methoxy groups -OCH3 is 3. The van der Waals surface area contributed by atoms with Crippen LogP contribution in [-0.4, -0.2) is 27.3 Å². The van der Waals surface area contributed by atoms with Gasteiger partial charge in [0, 0.05) is 25.7 Å². The van der Waals surface area contributed by atoms with Crippen LogP contribution in [0.25, 0.3) is 5.76 Å². The van der Waals surface area contributed by atoms with Gasteiger partial charge in [0.25, 0.3) is 0 Å². The SMILES string of the molecule is CO/C=C\[C@@H]1[C@H](c2ccccc2)C(C#N)=C(c2ccccc2)OC1(OC)OC. The summed E-state index contributed by atoms with van der Waals surface area (Å²) in [6, 6.07) is 21.7. The molecule has 2 atom stereocenters. The van der Waals surface area contributed by atoms with Crippen molar-refractivity contribution in [3.63, 3.8) is 0 Å². The Labute approximate surface area is 165 Å². The fraction of sp³-hybridized carbons (Fsp3) is 0.261. The molecule has 0 bridgehead atoms. The standard InChI is InChI=1S/C23H23NO4/c1-25-15-14-20-21(17-10-6-4-7-11-17)19(16-24)22(18-12-8-5-9-13-18)28-23(20,26-2)27-3/h4-15,20-21H,1-3H3/b15-14-/t20-,21-/m1/s1. The van der Waals surface area contributed by atoms with Crippen molar-refractivity contribution in [2.75, 3.05) is 21.3 Å². The molecule has 0 aromatic heterocycles. The highest BCUT2D eigenvalue weighted by atomic mass is 16.9. The van der Waals surface area contributed by atoms with E-state index in [1.54, 1.807) is 13.4 Å². The molecule has 1 aliphatic heterocycles. The van der Waals surface area contributed by atoms with Crippen LogP contribution in [-0.2, 0) is 18.9 Å². The lowest BCUT2D eigenvalue weighted by Crippen LogP contribution is -2.49. The van der Waals surface area contributed by atoms with E-state index in [0.29, 0.717) is 11.3 Å². The number of nitrogens with zero attached hydrogens (tertiary/aromatic N) is 1. The summed E-state index contributed by atoms with van der Waals surface area (Å²) in [6.45, 7) is 0. The second kappa shape index (κ2) is 8.75. The summed E-state index contributed by atoms with van der Waals surface area (Å²) >= 11 is 0. The van der Waals surface area contributed by atoms with E-state index in [9.17, 15) is 5.26 Å². The highest BCUT2D eigenvalue weighted by molar-refractivity contribution is 5.70. The molecular formula is C23H23NO4. The molecule has 0 unspecified atom stereocenters. The maximum Gasteiger partial charge on any atom is 0.334 e. The Morgan fingerprint density at radius 2 is 1.57 bits per heavy atom. The molecule has 2 aromatic rings. The van der Waals surface area contributed by atoms with Gasteiger partial charge in [-0.1, -0.05) is 60.7 Å². The lowest BCUT2D eigenvalue weighted by Gasteiger charge is -2.44. The van der Waals surface area contributed by atoms with Crippen LogP contribution in [0.4, 0.5) is 0 Å². The molecular weight excluding hydrogens is 354 g/mol. The molecule has 0 spiro atoms. The maximum atomic E-state index is 10.1. The van der Waals surface area contributed by atoms with Crippen molar-refractivity contribution in [2.24, 2.45) is 5.92 Å². The van der Waals surface area contributed by atoms with Crippen molar-refractivity contribution in [3.8, 4) is 6.07 Å². The summed E-state index contributed by atoms with van der Waals surface area (Å²) in [6.07, 6.45) is 3.36. The third kappa shape index (κ3) is 3.53. The van der Waals surface area contributed by atoms with E-state index in [0.717, 1.165) is 11.1 Å². The molecule has 2 aromatic carbocycles. The summed E-state index contributed by atoms with van der Waals surface area (Å²) in [5.41, 5.74) is 2.25. The van der Waals surface area contributed by atoms with Gasteiger partial charge in [-0.05, 0) is 11.6 Å². The first kappa shape index (κ1) is 19.7. The summed E-state index contributed by atoms with van der Waals surface area (Å²) in [5.74, 6) is -1.77. The van der Waals surface area contributed by atoms with Crippen molar-refractivity contribution in [3.05, 3.63) is 89.7 Å². The monoisotopic (exact) mass is 377 g/mol. The van der Waals surface area contributed by atoms with E-state index >= 15 is 0 Å². The number of allylic oxidation sites excluding steroid dienone is 1. The average molecular weight is 377 g/mol. The molecule has 0 N–H and O–H groups in total. The van der Waals surface area contributed by atoms with Crippen LogP contribution in [0.2, 0.25) is 0 Å². The van der Waals surface area contributed by atoms with Gasteiger partial charge in [0.1, 0.15) is 5.76 Å². The van der Waals surface area contributed by atoms with Gasteiger partial charge in [0.2, 0.25) is 0 Å². The van der Waals surface area contributed by atoms with Gasteiger partial charge < -0.3 is 18.9 Å². The van der Waals surface area contributed by atoms with Gasteiger partial charge in [-0.15, -0.1) is 0 Å². The zero-order chi connectivity index (χ0) is 20.0. The molecule has 0 saturated carbocycles. The fourth-order valence-electron chi connectivity index (χ4n) is 3.58. The van der Waals surface area contributed by atoms with Crippen LogP contribution >= 0.6 is 0 Å². The Balaban J connectivity index is 2.29. The molecule has 0 amide bonds. The highest BCUT2D eigenvalue weighted by Gasteiger charge is 2.52. The fourth-order valence-corrected chi connectivity index (χ4v) is 3.58. The Morgan fingerprint density at radius 3 is 2.11 bits per heavy atom. The van der Waals surface area contributed by atoms with Crippen LogP contribution in [0.1, 0.15) is 17.0 Å². The maximum absolute atomic E-state index is 10.1. The smallest absolute Gasteiger partial charge is 0.334 e. The number of hydrogen-bond acceptors (Lipinski definition) is 5. The van der Waals surface area contributed by atoms with Gasteiger partial charge >= 0.3 is 5.97 Å². The topological polar surface area (TPSA) is 60.7 Å². The molecule has 0 aliphatic carbocycles. The third-order valence-electron chi connectivity index (χ3n) is 4.87. The molecule has 0 fully saturated rings. The average Bonchev–Trinajstić information content (AvgIpc) is 2.77. The normalized spacial score (nSPS) is 21.2. The molecule has 1 heterocycles. The predicted octanol–water partition coefficient (Wildman–Crippen LogP) is 4.46. The first-order chi connectivity index (χ1) is 13.7. The lowest BCUT2D eigenvalue weighted by atomic mass is 9.76. The molecule has 5 heteroatoms. The molecule has 0 saturated heterocycles. The molecule has 28 heavy (non-hydrogen) atoms. The van der Waals surface area contributed by atoms with Crippen molar-refractivity contribution in [1.82, 2.24) is 0 Å². The second-order valence-corrected chi connectivity index (χ2v) is 6.31. The second-order valence-electron chi connectivity index (χ2n) is 6.31. The predicted molar refractivity (Wildman–Crippen MR) is 106 cm³/mol. The first-order valence-electron chi connectivity index (χ1n) is 8.94. The Morgan fingerprint density at radius 1 is 0.964 bits per heavy atom. The van der Waals surface area contributed by atoms with E-state index in [2.05, 4.69) is 6.07 Å². The van der Waals surface area contributed by atoms with Crippen molar-refractivity contribution < 1.29 is 18.9 Å². The van der Waals surface area contributed by atoms with Crippen LogP contribution < -0.4 is 0 Å². The van der Waals surface area contributed by atoms with E-state index in [1.165, 1.54) is 14.2 Å². The number of benzene rings is 2. The zero-order valence-electron chi connectivity index (χ0n) is 16.2. The van der Waals surface area contributed by atoms with E-state index in [4.69, 9.17) is 18.9 Å². The minimum Gasteiger partial charge on any atom is -0.505 e. The molecule has 144 valence electrons. The number of nitriles is 1. The quantitative estimate of drug-likeness (QED) is 0.549. The minimum atomic E-state index is -1.42. The Kier molecular flexibility index (Phi) is 6.15.